The molecule has 0 radical (unpaired) electrons. The Morgan fingerprint density at radius 3 is 2.39 bits per heavy atom. The van der Waals surface area contributed by atoms with Crippen LogP contribution in [-0.4, -0.2) is 9.97 Å². The van der Waals surface area contributed by atoms with Crippen LogP contribution in [0.5, 0.6) is 0 Å². The quantitative estimate of drug-likeness (QED) is 0.920. The molecule has 0 atom stereocenters. The smallest absolute Gasteiger partial charge is 0.186 e. The lowest BCUT2D eigenvalue weighted by atomic mass is 10.1. The molecule has 6 heteroatoms. The molecule has 0 aliphatic carbocycles. The predicted molar refractivity (Wildman–Crippen MR) is 70.4 cm³/mol. The minimum atomic E-state index is -0.594. The number of rotatable bonds is 2. The van der Waals surface area contributed by atoms with Crippen LogP contribution in [0.4, 0.5) is 10.2 Å². The molecule has 0 saturated heterocycles. The summed E-state index contributed by atoms with van der Waals surface area (Å²) >= 11 is 12.1. The first-order valence-electron chi connectivity index (χ1n) is 5.20. The SMILES string of the molecule is Cc1nc(Cc2c(Cl)cccc2Cl)nc(N)c1F. The van der Waals surface area contributed by atoms with Gasteiger partial charge in [-0.1, -0.05) is 29.3 Å². The van der Waals surface area contributed by atoms with E-state index in [-0.39, 0.29) is 11.5 Å². The molecule has 0 unspecified atom stereocenters. The van der Waals surface area contributed by atoms with Gasteiger partial charge in [0.05, 0.1) is 5.69 Å². The van der Waals surface area contributed by atoms with Crippen molar-refractivity contribution in [2.24, 2.45) is 0 Å². The Morgan fingerprint density at radius 1 is 1.22 bits per heavy atom. The average molecular weight is 286 g/mol. The van der Waals surface area contributed by atoms with Crippen molar-refractivity contribution in [3.63, 3.8) is 0 Å². The molecule has 3 nitrogen and oxygen atoms in total. The Labute approximate surface area is 114 Å². The molecule has 2 N–H and O–H groups in total. The lowest BCUT2D eigenvalue weighted by molar-refractivity contribution is 0.603. The molecule has 0 amide bonds. The van der Waals surface area contributed by atoms with E-state index in [0.717, 1.165) is 0 Å². The molecule has 0 spiro atoms. The molecular formula is C12H10Cl2FN3. The third-order valence-electron chi connectivity index (χ3n) is 2.49. The van der Waals surface area contributed by atoms with Gasteiger partial charge in [-0.25, -0.2) is 14.4 Å². The molecule has 0 aliphatic heterocycles. The summed E-state index contributed by atoms with van der Waals surface area (Å²) in [6.07, 6.45) is 0.309. The van der Waals surface area contributed by atoms with E-state index in [0.29, 0.717) is 27.9 Å². The maximum absolute atomic E-state index is 13.3. The molecule has 1 heterocycles. The molecule has 0 saturated carbocycles. The van der Waals surface area contributed by atoms with Crippen LogP contribution in [0.25, 0.3) is 0 Å². The van der Waals surface area contributed by atoms with Crippen LogP contribution < -0.4 is 5.73 Å². The molecule has 0 aliphatic rings. The fourth-order valence-electron chi connectivity index (χ4n) is 1.58. The molecule has 1 aromatic heterocycles. The van der Waals surface area contributed by atoms with Crippen LogP contribution in [0.3, 0.4) is 0 Å². The first-order valence-corrected chi connectivity index (χ1v) is 5.96. The molecule has 2 aromatic rings. The molecule has 94 valence electrons. The van der Waals surface area contributed by atoms with Gasteiger partial charge in [0.2, 0.25) is 0 Å². The molecule has 0 bridgehead atoms. The van der Waals surface area contributed by atoms with Gasteiger partial charge in [0.25, 0.3) is 0 Å². The molecular weight excluding hydrogens is 276 g/mol. The van der Waals surface area contributed by atoms with E-state index in [1.807, 2.05) is 0 Å². The maximum Gasteiger partial charge on any atom is 0.186 e. The van der Waals surface area contributed by atoms with Crippen LogP contribution in [0.2, 0.25) is 10.0 Å². The normalized spacial score (nSPS) is 10.7. The van der Waals surface area contributed by atoms with Gasteiger partial charge in [-0.2, -0.15) is 0 Å². The van der Waals surface area contributed by atoms with E-state index in [9.17, 15) is 4.39 Å². The van der Waals surface area contributed by atoms with Crippen LogP contribution in [-0.2, 0) is 6.42 Å². The van der Waals surface area contributed by atoms with Crippen molar-refractivity contribution in [2.75, 3.05) is 5.73 Å². The molecule has 1 aromatic carbocycles. The van der Waals surface area contributed by atoms with Crippen molar-refractivity contribution < 1.29 is 4.39 Å². The van der Waals surface area contributed by atoms with E-state index in [2.05, 4.69) is 9.97 Å². The Hall–Kier alpha value is -1.39. The van der Waals surface area contributed by atoms with E-state index < -0.39 is 5.82 Å². The summed E-state index contributed by atoms with van der Waals surface area (Å²) < 4.78 is 13.3. The highest BCUT2D eigenvalue weighted by Gasteiger charge is 2.12. The largest absolute Gasteiger partial charge is 0.381 e. The van der Waals surface area contributed by atoms with E-state index in [1.165, 1.54) is 6.92 Å². The Morgan fingerprint density at radius 2 is 1.83 bits per heavy atom. The predicted octanol–water partition coefficient (Wildman–Crippen LogP) is 3.40. The van der Waals surface area contributed by atoms with Crippen molar-refractivity contribution in [3.05, 3.63) is 51.1 Å². The summed E-state index contributed by atoms with van der Waals surface area (Å²) in [7, 11) is 0. The number of halogens is 3. The number of nitrogens with zero attached hydrogens (tertiary/aromatic N) is 2. The van der Waals surface area contributed by atoms with Gasteiger partial charge in [0, 0.05) is 16.5 Å². The van der Waals surface area contributed by atoms with Gasteiger partial charge in [-0.05, 0) is 24.6 Å². The van der Waals surface area contributed by atoms with Gasteiger partial charge in [0.1, 0.15) is 5.82 Å². The fourth-order valence-corrected chi connectivity index (χ4v) is 2.11. The lowest BCUT2D eigenvalue weighted by Gasteiger charge is -2.08. The second kappa shape index (κ2) is 5.08. The van der Waals surface area contributed by atoms with E-state index in [4.69, 9.17) is 28.9 Å². The van der Waals surface area contributed by atoms with Gasteiger partial charge in [0.15, 0.2) is 11.6 Å². The number of nitrogens with two attached hydrogens (primary N) is 1. The number of anilines is 1. The van der Waals surface area contributed by atoms with Crippen LogP contribution in [0.1, 0.15) is 17.1 Å². The highest BCUT2D eigenvalue weighted by atomic mass is 35.5. The van der Waals surface area contributed by atoms with Gasteiger partial charge in [-0.15, -0.1) is 0 Å². The monoisotopic (exact) mass is 285 g/mol. The first kappa shape index (κ1) is 13.1. The van der Waals surface area contributed by atoms with Gasteiger partial charge >= 0.3 is 0 Å². The summed E-state index contributed by atoms with van der Waals surface area (Å²) in [6, 6.07) is 5.20. The van der Waals surface area contributed by atoms with Crippen molar-refractivity contribution in [1.82, 2.24) is 9.97 Å². The number of aryl methyl sites for hydroxylation is 1. The summed E-state index contributed by atoms with van der Waals surface area (Å²) in [4.78, 5) is 7.91. The van der Waals surface area contributed by atoms with Crippen LogP contribution in [0, 0.1) is 12.7 Å². The second-order valence-corrected chi connectivity index (χ2v) is 4.62. The Balaban J connectivity index is 2.41. The maximum atomic E-state index is 13.3. The highest BCUT2D eigenvalue weighted by Crippen LogP contribution is 2.26. The van der Waals surface area contributed by atoms with Crippen LogP contribution >= 0.6 is 23.2 Å². The summed E-state index contributed by atoms with van der Waals surface area (Å²) in [5.41, 5.74) is 6.37. The summed E-state index contributed by atoms with van der Waals surface area (Å²) in [5.74, 6) is -0.369. The highest BCUT2D eigenvalue weighted by molar-refractivity contribution is 6.36. The minimum absolute atomic E-state index is 0.166. The molecule has 0 fully saturated rings. The van der Waals surface area contributed by atoms with Crippen molar-refractivity contribution >= 4 is 29.0 Å². The van der Waals surface area contributed by atoms with Gasteiger partial charge in [-0.3, -0.25) is 0 Å². The van der Waals surface area contributed by atoms with Crippen LogP contribution in [0.15, 0.2) is 18.2 Å². The van der Waals surface area contributed by atoms with Crippen molar-refractivity contribution in [3.8, 4) is 0 Å². The number of hydrogen-bond donors (Lipinski definition) is 1. The third kappa shape index (κ3) is 2.54. The number of aromatic nitrogens is 2. The van der Waals surface area contributed by atoms with Gasteiger partial charge < -0.3 is 5.73 Å². The Bertz CT molecular complexity index is 559. The first-order chi connectivity index (χ1) is 8.49. The topological polar surface area (TPSA) is 51.8 Å². The molecule has 18 heavy (non-hydrogen) atoms. The summed E-state index contributed by atoms with van der Waals surface area (Å²) in [5, 5.41) is 1.04. The standard InChI is InChI=1S/C12H10Cl2FN3/c1-6-11(15)12(16)18-10(17-6)5-7-8(13)3-2-4-9(7)14/h2-4H,5H2,1H3,(H2,16,17,18). The van der Waals surface area contributed by atoms with Crippen molar-refractivity contribution in [1.29, 1.82) is 0 Å². The number of hydrogen-bond acceptors (Lipinski definition) is 3. The summed E-state index contributed by atoms with van der Waals surface area (Å²) in [6.45, 7) is 1.53. The number of nitrogen functional groups attached to an aromatic ring is 1. The minimum Gasteiger partial charge on any atom is -0.381 e. The third-order valence-corrected chi connectivity index (χ3v) is 3.19. The zero-order chi connectivity index (χ0) is 13.3. The second-order valence-electron chi connectivity index (χ2n) is 3.80. The van der Waals surface area contributed by atoms with E-state index >= 15 is 0 Å². The Kier molecular flexibility index (Phi) is 3.68. The van der Waals surface area contributed by atoms with Crippen molar-refractivity contribution in [2.45, 2.75) is 13.3 Å². The lowest BCUT2D eigenvalue weighted by Crippen LogP contribution is -2.06. The zero-order valence-electron chi connectivity index (χ0n) is 9.54. The molecule has 2 rings (SSSR count). The fraction of sp³-hybridized carbons (Fsp3) is 0.167. The van der Waals surface area contributed by atoms with E-state index in [1.54, 1.807) is 18.2 Å². The number of benzene rings is 1. The average Bonchev–Trinajstić information content (AvgIpc) is 2.31. The zero-order valence-corrected chi connectivity index (χ0v) is 11.1.